The number of rotatable bonds is 6. The van der Waals surface area contributed by atoms with Crippen LogP contribution in [0.5, 0.6) is 5.75 Å². The predicted molar refractivity (Wildman–Crippen MR) is 92.9 cm³/mol. The van der Waals surface area contributed by atoms with E-state index >= 15 is 0 Å². The summed E-state index contributed by atoms with van der Waals surface area (Å²) >= 11 is 5.93. The van der Waals surface area contributed by atoms with Crippen molar-refractivity contribution in [3.05, 3.63) is 53.6 Å². The summed E-state index contributed by atoms with van der Waals surface area (Å²) in [5.41, 5.74) is 0.546. The minimum atomic E-state index is -3.85. The molecule has 0 radical (unpaired) electrons. The van der Waals surface area contributed by atoms with E-state index in [4.69, 9.17) is 16.3 Å². The van der Waals surface area contributed by atoms with Gasteiger partial charge in [-0.2, -0.15) is 4.31 Å². The van der Waals surface area contributed by atoms with E-state index in [-0.39, 0.29) is 16.5 Å². The highest BCUT2D eigenvalue weighted by Gasteiger charge is 2.25. The van der Waals surface area contributed by atoms with E-state index in [0.717, 1.165) is 4.31 Å². The van der Waals surface area contributed by atoms with Crippen LogP contribution in [0.25, 0.3) is 0 Å². The Morgan fingerprint density at radius 2 is 1.79 bits per heavy atom. The first-order valence-electron chi connectivity index (χ1n) is 6.99. The summed E-state index contributed by atoms with van der Waals surface area (Å²) < 4.78 is 30.9. The summed E-state index contributed by atoms with van der Waals surface area (Å²) in [6.45, 7) is -0.334. The van der Waals surface area contributed by atoms with Gasteiger partial charge in [0.05, 0.1) is 18.7 Å². The van der Waals surface area contributed by atoms with E-state index < -0.39 is 15.9 Å². The van der Waals surface area contributed by atoms with E-state index in [0.29, 0.717) is 11.4 Å². The number of methoxy groups -OCH3 is 1. The van der Waals surface area contributed by atoms with Gasteiger partial charge in [0.25, 0.3) is 0 Å². The monoisotopic (exact) mass is 368 g/mol. The molecule has 0 fully saturated rings. The molecule has 0 aromatic heterocycles. The van der Waals surface area contributed by atoms with Crippen LogP contribution in [-0.4, -0.2) is 39.3 Å². The second-order valence-corrected chi connectivity index (χ2v) is 7.39. The van der Waals surface area contributed by atoms with Gasteiger partial charge in [0.1, 0.15) is 10.6 Å². The van der Waals surface area contributed by atoms with Crippen molar-refractivity contribution in [1.82, 2.24) is 4.31 Å². The molecule has 2 aromatic carbocycles. The van der Waals surface area contributed by atoms with Gasteiger partial charge in [0.15, 0.2) is 0 Å². The molecule has 2 rings (SSSR count). The number of carbonyl (C=O) groups excluding carboxylic acids is 1. The molecule has 24 heavy (non-hydrogen) atoms. The van der Waals surface area contributed by atoms with Crippen molar-refractivity contribution in [1.29, 1.82) is 0 Å². The van der Waals surface area contributed by atoms with Crippen LogP contribution in [0.4, 0.5) is 5.69 Å². The zero-order valence-electron chi connectivity index (χ0n) is 13.2. The highest BCUT2D eigenvalue weighted by molar-refractivity contribution is 7.89. The first kappa shape index (κ1) is 18.3. The average molecular weight is 369 g/mol. The predicted octanol–water partition coefficient (Wildman–Crippen LogP) is 2.61. The lowest BCUT2D eigenvalue weighted by molar-refractivity contribution is -0.116. The fraction of sp³-hybridized carbons (Fsp3) is 0.188. The molecule has 8 heteroatoms. The quantitative estimate of drug-likeness (QED) is 0.850. The van der Waals surface area contributed by atoms with E-state index in [2.05, 4.69) is 5.32 Å². The second-order valence-electron chi connectivity index (χ2n) is 4.97. The average Bonchev–Trinajstić information content (AvgIpc) is 2.55. The molecule has 0 atom stereocenters. The third kappa shape index (κ3) is 4.25. The normalized spacial score (nSPS) is 11.3. The van der Waals surface area contributed by atoms with Gasteiger partial charge in [0, 0.05) is 12.7 Å². The molecule has 128 valence electrons. The van der Waals surface area contributed by atoms with Crippen LogP contribution in [0.3, 0.4) is 0 Å². The molecule has 1 amide bonds. The van der Waals surface area contributed by atoms with Gasteiger partial charge in [-0.05, 0) is 36.4 Å². The summed E-state index contributed by atoms with van der Waals surface area (Å²) in [7, 11) is -0.978. The molecule has 0 aliphatic rings. The summed E-state index contributed by atoms with van der Waals surface area (Å²) in [6.07, 6.45) is 0. The minimum Gasteiger partial charge on any atom is -0.497 e. The van der Waals surface area contributed by atoms with Crippen molar-refractivity contribution in [2.24, 2.45) is 0 Å². The molecule has 0 spiro atoms. The Balaban J connectivity index is 2.06. The second kappa shape index (κ2) is 7.65. The number of ether oxygens (including phenoxy) is 1. The zero-order valence-corrected chi connectivity index (χ0v) is 14.8. The summed E-state index contributed by atoms with van der Waals surface area (Å²) in [5.74, 6) is 0.199. The maximum absolute atomic E-state index is 12.5. The summed E-state index contributed by atoms with van der Waals surface area (Å²) in [6, 6.07) is 12.8. The maximum Gasteiger partial charge on any atom is 0.244 e. The molecule has 0 aliphatic carbocycles. The molecule has 1 N–H and O–H groups in total. The van der Waals surface area contributed by atoms with Crippen molar-refractivity contribution < 1.29 is 17.9 Å². The molecule has 0 saturated carbocycles. The zero-order chi connectivity index (χ0) is 17.7. The Hall–Kier alpha value is -2.09. The Bertz CT molecular complexity index is 822. The van der Waals surface area contributed by atoms with Crippen molar-refractivity contribution >= 4 is 33.2 Å². The highest BCUT2D eigenvalue weighted by Crippen LogP contribution is 2.23. The topological polar surface area (TPSA) is 75.7 Å². The number of hydrogen-bond donors (Lipinski definition) is 1. The molecule has 2 aromatic rings. The number of amides is 1. The van der Waals surface area contributed by atoms with Gasteiger partial charge in [-0.15, -0.1) is 0 Å². The van der Waals surface area contributed by atoms with E-state index in [1.54, 1.807) is 43.5 Å². The summed E-state index contributed by atoms with van der Waals surface area (Å²) in [4.78, 5) is 12.0. The number of nitrogens with zero attached hydrogens (tertiary/aromatic N) is 1. The van der Waals surface area contributed by atoms with Crippen molar-refractivity contribution in [3.8, 4) is 5.75 Å². The first-order chi connectivity index (χ1) is 11.3. The fourth-order valence-electron chi connectivity index (χ4n) is 1.98. The van der Waals surface area contributed by atoms with Crippen molar-refractivity contribution in [2.45, 2.75) is 4.90 Å². The van der Waals surface area contributed by atoms with Crippen LogP contribution in [0.2, 0.25) is 5.02 Å². The van der Waals surface area contributed by atoms with E-state index in [1.807, 2.05) is 0 Å². The van der Waals surface area contributed by atoms with Gasteiger partial charge in [0.2, 0.25) is 15.9 Å². The van der Waals surface area contributed by atoms with Crippen molar-refractivity contribution in [3.63, 3.8) is 0 Å². The van der Waals surface area contributed by atoms with Gasteiger partial charge in [-0.25, -0.2) is 8.42 Å². The van der Waals surface area contributed by atoms with Gasteiger partial charge < -0.3 is 10.1 Å². The van der Waals surface area contributed by atoms with Crippen LogP contribution in [-0.2, 0) is 14.8 Å². The molecule has 0 aliphatic heterocycles. The molecule has 0 bridgehead atoms. The number of benzene rings is 2. The molecular formula is C16H17ClN2O4S. The van der Waals surface area contributed by atoms with Crippen LogP contribution < -0.4 is 10.1 Å². The van der Waals surface area contributed by atoms with E-state index in [1.165, 1.54) is 19.2 Å². The molecule has 0 saturated heterocycles. The molecule has 0 unspecified atom stereocenters. The fourth-order valence-corrected chi connectivity index (χ4v) is 3.60. The number of anilines is 1. The van der Waals surface area contributed by atoms with Gasteiger partial charge >= 0.3 is 0 Å². The lowest BCUT2D eigenvalue weighted by atomic mass is 10.3. The first-order valence-corrected chi connectivity index (χ1v) is 8.81. The van der Waals surface area contributed by atoms with Gasteiger partial charge in [-0.3, -0.25) is 4.79 Å². The van der Waals surface area contributed by atoms with Crippen LogP contribution in [0.1, 0.15) is 0 Å². The van der Waals surface area contributed by atoms with Crippen molar-refractivity contribution in [2.75, 3.05) is 26.0 Å². The van der Waals surface area contributed by atoms with E-state index in [9.17, 15) is 13.2 Å². The third-order valence-corrected chi connectivity index (χ3v) is 5.57. The Morgan fingerprint density at radius 1 is 1.17 bits per heavy atom. The standard InChI is InChI=1S/C16H17ClN2O4S/c1-19(24(21,22)15-6-4-3-5-14(15)17)11-16(20)18-12-7-9-13(23-2)10-8-12/h3-10H,11H2,1-2H3,(H,18,20). The molecule has 6 nitrogen and oxygen atoms in total. The van der Waals surface area contributed by atoms with Gasteiger partial charge in [-0.1, -0.05) is 23.7 Å². The van der Waals surface area contributed by atoms with Crippen LogP contribution in [0.15, 0.2) is 53.4 Å². The Labute approximate surface area is 146 Å². The lowest BCUT2D eigenvalue weighted by Gasteiger charge is -2.17. The smallest absolute Gasteiger partial charge is 0.244 e. The number of likely N-dealkylation sites (N-methyl/N-ethyl adjacent to an activating group) is 1. The highest BCUT2D eigenvalue weighted by atomic mass is 35.5. The molecular weight excluding hydrogens is 352 g/mol. The largest absolute Gasteiger partial charge is 0.497 e. The summed E-state index contributed by atoms with van der Waals surface area (Å²) in [5, 5.41) is 2.74. The Morgan fingerprint density at radius 3 is 2.38 bits per heavy atom. The van der Waals surface area contributed by atoms with Crippen LogP contribution >= 0.6 is 11.6 Å². The third-order valence-electron chi connectivity index (χ3n) is 3.26. The lowest BCUT2D eigenvalue weighted by Crippen LogP contribution is -2.35. The molecule has 0 heterocycles. The number of sulfonamides is 1. The van der Waals surface area contributed by atoms with Crippen LogP contribution in [0, 0.1) is 0 Å². The Kier molecular flexibility index (Phi) is 5.82. The number of halogens is 1. The SMILES string of the molecule is COc1ccc(NC(=O)CN(C)S(=O)(=O)c2ccccc2Cl)cc1. The minimum absolute atomic E-state index is 0.0357. The number of carbonyl (C=O) groups is 1. The number of hydrogen-bond acceptors (Lipinski definition) is 4. The maximum atomic E-state index is 12.5. The number of nitrogens with one attached hydrogen (secondary N) is 1.